The van der Waals surface area contributed by atoms with Crippen molar-refractivity contribution < 1.29 is 42.8 Å². The minimum Gasteiger partial charge on any atom is -0.393 e. The molecular formula is C43H48F4N2O5. The maximum atomic E-state index is 13.8. The number of rotatable bonds is 18. The van der Waals surface area contributed by atoms with Gasteiger partial charge in [0.1, 0.15) is 23.3 Å². The van der Waals surface area contributed by atoms with Crippen molar-refractivity contribution in [3.05, 3.63) is 143 Å². The van der Waals surface area contributed by atoms with Crippen molar-refractivity contribution in [2.45, 2.75) is 112 Å². The number of carbonyl (C=O) groups is 1. The van der Waals surface area contributed by atoms with Crippen LogP contribution in [0, 0.1) is 23.3 Å². The molecule has 10 atom stereocenters. The van der Waals surface area contributed by atoms with Crippen LogP contribution < -0.4 is 10.6 Å². The first-order chi connectivity index (χ1) is 25.9. The summed E-state index contributed by atoms with van der Waals surface area (Å²) in [5.74, 6) is -2.00. The summed E-state index contributed by atoms with van der Waals surface area (Å²) in [4.78, 5) is 13.6. The summed E-state index contributed by atoms with van der Waals surface area (Å²) >= 11 is 0. The molecule has 7 nitrogen and oxygen atoms in total. The average molecular weight is 749 g/mol. The van der Waals surface area contributed by atoms with Crippen molar-refractivity contribution in [3.8, 4) is 0 Å². The van der Waals surface area contributed by atoms with Gasteiger partial charge >= 0.3 is 0 Å². The molecule has 6 rings (SSSR count). The lowest BCUT2D eigenvalue weighted by Crippen LogP contribution is -2.67. The topological polar surface area (TPSA) is 122 Å². The number of aliphatic hydroxyl groups excluding tert-OH is 4. The number of ketones is 1. The van der Waals surface area contributed by atoms with Crippen LogP contribution >= 0.6 is 0 Å². The summed E-state index contributed by atoms with van der Waals surface area (Å²) in [6.07, 6.45) is -0.492. The molecule has 0 radical (unpaired) electrons. The van der Waals surface area contributed by atoms with Crippen LogP contribution in [0.25, 0.3) is 0 Å². The van der Waals surface area contributed by atoms with E-state index in [1.54, 1.807) is 24.3 Å². The largest absolute Gasteiger partial charge is 0.393 e. The Labute approximate surface area is 313 Å². The van der Waals surface area contributed by atoms with Gasteiger partial charge in [-0.15, -0.1) is 0 Å². The molecule has 2 saturated heterocycles. The molecule has 4 aromatic rings. The second kappa shape index (κ2) is 18.1. The first-order valence-electron chi connectivity index (χ1n) is 18.7. The van der Waals surface area contributed by atoms with Gasteiger partial charge in [-0.2, -0.15) is 0 Å². The highest BCUT2D eigenvalue weighted by molar-refractivity contribution is 5.91. The Morgan fingerprint density at radius 2 is 0.778 bits per heavy atom. The number of halogens is 4. The maximum Gasteiger partial charge on any atom is 0.166 e. The third kappa shape index (κ3) is 10.2. The summed E-state index contributed by atoms with van der Waals surface area (Å²) in [6.45, 7) is 0. The van der Waals surface area contributed by atoms with Crippen molar-refractivity contribution in [3.63, 3.8) is 0 Å². The lowest BCUT2D eigenvalue weighted by Gasteiger charge is -2.47. The van der Waals surface area contributed by atoms with Crippen LogP contribution in [0.1, 0.15) is 97.7 Å². The number of nitrogens with one attached hydrogen (secondary N) is 2. The number of aliphatic hydroxyl groups is 4. The Morgan fingerprint density at radius 1 is 0.500 bits per heavy atom. The zero-order chi connectivity index (χ0) is 38.4. The smallest absolute Gasteiger partial charge is 0.166 e. The van der Waals surface area contributed by atoms with Crippen LogP contribution in [0.2, 0.25) is 0 Å². The lowest BCUT2D eigenvalue weighted by atomic mass is 9.73. The molecule has 4 unspecified atom stereocenters. The number of carbonyl (C=O) groups excluding carboxylic acids is 1. The highest BCUT2D eigenvalue weighted by Crippen LogP contribution is 2.38. The van der Waals surface area contributed by atoms with Gasteiger partial charge in [0.15, 0.2) is 5.78 Å². The van der Waals surface area contributed by atoms with E-state index in [0.29, 0.717) is 36.8 Å². The van der Waals surface area contributed by atoms with E-state index in [2.05, 4.69) is 10.6 Å². The van der Waals surface area contributed by atoms with E-state index >= 15 is 0 Å². The molecule has 0 spiro atoms. The first kappa shape index (κ1) is 39.7. The minimum atomic E-state index is -0.862. The first-order valence-corrected chi connectivity index (χ1v) is 18.7. The Balaban J connectivity index is 1.02. The molecule has 0 aromatic heterocycles. The van der Waals surface area contributed by atoms with Crippen molar-refractivity contribution >= 4 is 5.78 Å². The van der Waals surface area contributed by atoms with E-state index in [0.717, 1.165) is 11.1 Å². The molecule has 2 fully saturated rings. The van der Waals surface area contributed by atoms with Crippen molar-refractivity contribution in [2.24, 2.45) is 0 Å². The van der Waals surface area contributed by atoms with Gasteiger partial charge < -0.3 is 31.1 Å². The molecule has 6 N–H and O–H groups in total. The van der Waals surface area contributed by atoms with Crippen molar-refractivity contribution in [1.82, 2.24) is 10.6 Å². The van der Waals surface area contributed by atoms with Crippen LogP contribution in [0.4, 0.5) is 17.6 Å². The van der Waals surface area contributed by atoms with Gasteiger partial charge in [-0.25, -0.2) is 17.6 Å². The molecule has 2 aliphatic rings. The number of hydrogen-bond donors (Lipinski definition) is 6. The zero-order valence-electron chi connectivity index (χ0n) is 29.9. The van der Waals surface area contributed by atoms with Gasteiger partial charge in [0.05, 0.1) is 36.5 Å². The highest BCUT2D eigenvalue weighted by atomic mass is 19.1. The molecule has 0 saturated carbocycles. The summed E-state index contributed by atoms with van der Waals surface area (Å²) in [7, 11) is 0. The number of hydrogen-bond acceptors (Lipinski definition) is 7. The summed E-state index contributed by atoms with van der Waals surface area (Å²) in [6, 6.07) is 22.2. The predicted molar refractivity (Wildman–Crippen MR) is 196 cm³/mol. The molecule has 0 aliphatic carbocycles. The van der Waals surface area contributed by atoms with Gasteiger partial charge in [-0.1, -0.05) is 48.5 Å². The van der Waals surface area contributed by atoms with E-state index in [9.17, 15) is 42.8 Å². The van der Waals surface area contributed by atoms with Crippen LogP contribution in [-0.4, -0.2) is 62.6 Å². The average Bonchev–Trinajstić information content (AvgIpc) is 3.12. The standard InChI is InChI=1S/C43H48F4N2O5/c44-29-9-1-25(2-10-29)35(21-33(50)17-19-41(52)27-5-13-31(46)14-6-27)37-23-39(48-37)43(54)40-24-38(49-40)36(26-3-11-30(45)12-4-26)22-34(51)18-20-42(53)28-7-15-32(47)16-8-28/h1-16,33-42,48-53H,17-24H2/t33-,34-,35-,36-,37?,38?,39?,40?,41-,42-/m1/s1. The van der Waals surface area contributed by atoms with E-state index in [1.807, 2.05) is 0 Å². The second-order valence-corrected chi connectivity index (χ2v) is 14.9. The fourth-order valence-electron chi connectivity index (χ4n) is 7.89. The predicted octanol–water partition coefficient (Wildman–Crippen LogP) is 6.67. The molecule has 11 heteroatoms. The van der Waals surface area contributed by atoms with E-state index < -0.39 is 48.1 Å². The van der Waals surface area contributed by atoms with Crippen LogP contribution in [-0.2, 0) is 4.79 Å². The minimum absolute atomic E-state index is 0.00384. The Hall–Kier alpha value is -3.97. The number of Topliss-reactive ketones (excluding diaryl/α,β-unsaturated/α-hetero) is 1. The van der Waals surface area contributed by atoms with Gasteiger partial charge in [-0.3, -0.25) is 4.79 Å². The molecule has 2 aliphatic heterocycles. The zero-order valence-corrected chi connectivity index (χ0v) is 29.9. The van der Waals surface area contributed by atoms with Crippen molar-refractivity contribution in [2.75, 3.05) is 0 Å². The Bertz CT molecular complexity index is 1650. The van der Waals surface area contributed by atoms with Gasteiger partial charge in [-0.05, 0) is 122 Å². The Kier molecular flexibility index (Phi) is 13.3. The second-order valence-electron chi connectivity index (χ2n) is 14.9. The fourth-order valence-corrected chi connectivity index (χ4v) is 7.89. The molecule has 2 heterocycles. The Morgan fingerprint density at radius 3 is 1.07 bits per heavy atom. The third-order valence-corrected chi connectivity index (χ3v) is 11.2. The third-order valence-electron chi connectivity index (χ3n) is 11.2. The quantitative estimate of drug-likeness (QED) is 0.0629. The highest BCUT2D eigenvalue weighted by Gasteiger charge is 2.46. The summed E-state index contributed by atoms with van der Waals surface area (Å²) in [5.41, 5.74) is 2.77. The molecule has 0 amide bonds. The fraction of sp³-hybridized carbons (Fsp3) is 0.419. The molecule has 288 valence electrons. The lowest BCUT2D eigenvalue weighted by molar-refractivity contribution is -0.128. The van der Waals surface area contributed by atoms with Gasteiger partial charge in [0.25, 0.3) is 0 Å². The molecule has 0 bridgehead atoms. The monoisotopic (exact) mass is 748 g/mol. The van der Waals surface area contributed by atoms with Gasteiger partial charge in [0, 0.05) is 23.9 Å². The van der Waals surface area contributed by atoms with E-state index in [-0.39, 0.29) is 67.0 Å². The van der Waals surface area contributed by atoms with Gasteiger partial charge in [0.2, 0.25) is 0 Å². The van der Waals surface area contributed by atoms with E-state index in [4.69, 9.17) is 0 Å². The molecular weight excluding hydrogens is 700 g/mol. The molecule has 54 heavy (non-hydrogen) atoms. The normalized spacial score (nSPS) is 23.0. The van der Waals surface area contributed by atoms with Crippen LogP contribution in [0.5, 0.6) is 0 Å². The summed E-state index contributed by atoms with van der Waals surface area (Å²) in [5, 5.41) is 50.0. The molecule has 4 aromatic carbocycles. The van der Waals surface area contributed by atoms with Crippen LogP contribution in [0.3, 0.4) is 0 Å². The SMILES string of the molecule is O=C(C1CC([C@H](C[C@H](O)CC[C@@H](O)c2ccc(F)cc2)c2ccc(F)cc2)N1)C1CC([C@H](C[C@H](O)CC[C@@H](O)c2ccc(F)cc2)c2ccc(F)cc2)N1. The maximum absolute atomic E-state index is 13.8. The van der Waals surface area contributed by atoms with E-state index in [1.165, 1.54) is 72.8 Å². The van der Waals surface area contributed by atoms with Crippen LogP contribution in [0.15, 0.2) is 97.1 Å². The van der Waals surface area contributed by atoms with Crippen molar-refractivity contribution in [1.29, 1.82) is 0 Å². The summed E-state index contributed by atoms with van der Waals surface area (Å²) < 4.78 is 54.2. The number of benzene rings is 4.